The van der Waals surface area contributed by atoms with E-state index in [1.54, 1.807) is 0 Å². The summed E-state index contributed by atoms with van der Waals surface area (Å²) in [5.74, 6) is 1.47. The van der Waals surface area contributed by atoms with E-state index in [4.69, 9.17) is 16.3 Å². The molecule has 1 unspecified atom stereocenters. The molecular weight excluding hydrogens is 234 g/mol. The quantitative estimate of drug-likeness (QED) is 0.813. The standard InChI is InChI=1S/C14H20ClNO/c15-11-12-4-3-6-14(10-12)17-9-7-13-5-1-2-8-16-13/h3-4,6,10,13,16H,1-2,5,7-9,11H2. The van der Waals surface area contributed by atoms with Crippen LogP contribution in [0.4, 0.5) is 0 Å². The fourth-order valence-corrected chi connectivity index (χ4v) is 2.37. The zero-order chi connectivity index (χ0) is 11.9. The Morgan fingerprint density at radius 3 is 3.06 bits per heavy atom. The van der Waals surface area contributed by atoms with Gasteiger partial charge in [-0.15, -0.1) is 11.6 Å². The molecule has 0 radical (unpaired) electrons. The molecule has 0 bridgehead atoms. The van der Waals surface area contributed by atoms with Gasteiger partial charge < -0.3 is 10.1 Å². The van der Waals surface area contributed by atoms with Crippen LogP contribution in [-0.2, 0) is 5.88 Å². The normalized spacial score (nSPS) is 20.2. The molecule has 0 saturated carbocycles. The van der Waals surface area contributed by atoms with Gasteiger partial charge in [-0.3, -0.25) is 0 Å². The topological polar surface area (TPSA) is 21.3 Å². The van der Waals surface area contributed by atoms with E-state index in [-0.39, 0.29) is 0 Å². The third kappa shape index (κ3) is 4.21. The lowest BCUT2D eigenvalue weighted by atomic mass is 10.0. The molecule has 1 saturated heterocycles. The minimum Gasteiger partial charge on any atom is -0.494 e. The summed E-state index contributed by atoms with van der Waals surface area (Å²) >= 11 is 5.79. The van der Waals surface area contributed by atoms with Crippen molar-refractivity contribution in [2.24, 2.45) is 0 Å². The molecule has 1 N–H and O–H groups in total. The van der Waals surface area contributed by atoms with Crippen LogP contribution in [0.2, 0.25) is 0 Å². The van der Waals surface area contributed by atoms with Crippen LogP contribution in [-0.4, -0.2) is 19.2 Å². The first kappa shape index (κ1) is 12.7. The molecule has 1 aliphatic rings. The Balaban J connectivity index is 1.73. The summed E-state index contributed by atoms with van der Waals surface area (Å²) in [6.07, 6.45) is 5.03. The Bertz CT molecular complexity index is 337. The summed E-state index contributed by atoms with van der Waals surface area (Å²) in [6.45, 7) is 1.94. The summed E-state index contributed by atoms with van der Waals surface area (Å²) in [5, 5.41) is 3.53. The van der Waals surface area contributed by atoms with E-state index in [0.29, 0.717) is 11.9 Å². The van der Waals surface area contributed by atoms with E-state index >= 15 is 0 Å². The lowest BCUT2D eigenvalue weighted by molar-refractivity contribution is 0.268. The van der Waals surface area contributed by atoms with Crippen molar-refractivity contribution in [3.05, 3.63) is 29.8 Å². The molecule has 1 heterocycles. The van der Waals surface area contributed by atoms with Crippen molar-refractivity contribution < 1.29 is 4.74 Å². The second-order valence-corrected chi connectivity index (χ2v) is 4.83. The molecule has 94 valence electrons. The Labute approximate surface area is 108 Å². The molecule has 1 aromatic carbocycles. The predicted octanol–water partition coefficient (Wildman–Crippen LogP) is 3.34. The fraction of sp³-hybridized carbons (Fsp3) is 0.571. The number of benzene rings is 1. The molecule has 1 aromatic rings. The van der Waals surface area contributed by atoms with Crippen LogP contribution >= 0.6 is 11.6 Å². The lowest BCUT2D eigenvalue weighted by Crippen LogP contribution is -2.35. The zero-order valence-electron chi connectivity index (χ0n) is 10.1. The van der Waals surface area contributed by atoms with E-state index in [0.717, 1.165) is 30.9 Å². The minimum atomic E-state index is 0.543. The summed E-state index contributed by atoms with van der Waals surface area (Å²) in [4.78, 5) is 0. The van der Waals surface area contributed by atoms with Crippen LogP contribution in [0.1, 0.15) is 31.2 Å². The highest BCUT2D eigenvalue weighted by Crippen LogP contribution is 2.16. The summed E-state index contributed by atoms with van der Waals surface area (Å²) in [6, 6.07) is 8.65. The van der Waals surface area contributed by atoms with Crippen molar-refractivity contribution in [3.63, 3.8) is 0 Å². The first-order chi connectivity index (χ1) is 8.38. The number of rotatable bonds is 5. The molecule has 0 amide bonds. The Morgan fingerprint density at radius 1 is 1.35 bits per heavy atom. The van der Waals surface area contributed by atoms with Crippen LogP contribution in [0.25, 0.3) is 0 Å². The van der Waals surface area contributed by atoms with Crippen molar-refractivity contribution in [3.8, 4) is 5.75 Å². The Hall–Kier alpha value is -0.730. The Kier molecular flexibility index (Phi) is 5.14. The van der Waals surface area contributed by atoms with Crippen molar-refractivity contribution in [2.75, 3.05) is 13.2 Å². The Morgan fingerprint density at radius 2 is 2.29 bits per heavy atom. The van der Waals surface area contributed by atoms with Gasteiger partial charge in [-0.1, -0.05) is 18.6 Å². The van der Waals surface area contributed by atoms with Gasteiger partial charge in [-0.25, -0.2) is 0 Å². The van der Waals surface area contributed by atoms with E-state index in [2.05, 4.69) is 5.32 Å². The first-order valence-corrected chi connectivity index (χ1v) is 6.93. The van der Waals surface area contributed by atoms with E-state index in [1.807, 2.05) is 24.3 Å². The largest absolute Gasteiger partial charge is 0.494 e. The maximum atomic E-state index is 5.79. The average molecular weight is 254 g/mol. The SMILES string of the molecule is ClCc1cccc(OCCC2CCCCN2)c1. The summed E-state index contributed by atoms with van der Waals surface area (Å²) < 4.78 is 5.75. The van der Waals surface area contributed by atoms with Crippen molar-refractivity contribution in [1.29, 1.82) is 0 Å². The van der Waals surface area contributed by atoms with Crippen LogP contribution in [0.5, 0.6) is 5.75 Å². The van der Waals surface area contributed by atoms with E-state index < -0.39 is 0 Å². The second kappa shape index (κ2) is 6.87. The van der Waals surface area contributed by atoms with Crippen LogP contribution in [0, 0.1) is 0 Å². The molecule has 3 heteroatoms. The maximum Gasteiger partial charge on any atom is 0.119 e. The third-order valence-electron chi connectivity index (χ3n) is 3.20. The number of halogens is 1. The predicted molar refractivity (Wildman–Crippen MR) is 71.8 cm³/mol. The van der Waals surface area contributed by atoms with E-state index in [1.165, 1.54) is 19.3 Å². The van der Waals surface area contributed by atoms with Gasteiger partial charge in [-0.2, -0.15) is 0 Å². The molecule has 0 aliphatic carbocycles. The van der Waals surface area contributed by atoms with Crippen molar-refractivity contribution >= 4 is 11.6 Å². The smallest absolute Gasteiger partial charge is 0.119 e. The van der Waals surface area contributed by atoms with Gasteiger partial charge >= 0.3 is 0 Å². The monoisotopic (exact) mass is 253 g/mol. The van der Waals surface area contributed by atoms with Gasteiger partial charge in [0, 0.05) is 11.9 Å². The summed E-state index contributed by atoms with van der Waals surface area (Å²) in [5.41, 5.74) is 1.11. The van der Waals surface area contributed by atoms with Gasteiger partial charge in [0.2, 0.25) is 0 Å². The number of piperidine rings is 1. The lowest BCUT2D eigenvalue weighted by Gasteiger charge is -2.23. The van der Waals surface area contributed by atoms with Gasteiger partial charge in [0.15, 0.2) is 0 Å². The van der Waals surface area contributed by atoms with Crippen LogP contribution in [0.3, 0.4) is 0 Å². The molecule has 0 spiro atoms. The highest BCUT2D eigenvalue weighted by molar-refractivity contribution is 6.17. The maximum absolute atomic E-state index is 5.79. The fourth-order valence-electron chi connectivity index (χ4n) is 2.21. The van der Waals surface area contributed by atoms with Crippen molar-refractivity contribution in [2.45, 2.75) is 37.6 Å². The van der Waals surface area contributed by atoms with Crippen LogP contribution < -0.4 is 10.1 Å². The molecule has 1 atom stereocenters. The van der Waals surface area contributed by atoms with Crippen LogP contribution in [0.15, 0.2) is 24.3 Å². The molecule has 17 heavy (non-hydrogen) atoms. The minimum absolute atomic E-state index is 0.543. The van der Waals surface area contributed by atoms with E-state index in [9.17, 15) is 0 Å². The highest BCUT2D eigenvalue weighted by Gasteiger charge is 2.11. The van der Waals surface area contributed by atoms with Gasteiger partial charge in [0.1, 0.15) is 5.75 Å². The molecule has 2 nitrogen and oxygen atoms in total. The molecule has 1 fully saturated rings. The molecule has 1 aliphatic heterocycles. The first-order valence-electron chi connectivity index (χ1n) is 6.39. The number of nitrogens with one attached hydrogen (secondary N) is 1. The van der Waals surface area contributed by atoms with Gasteiger partial charge in [-0.05, 0) is 43.5 Å². The average Bonchev–Trinajstić information content (AvgIpc) is 2.40. The molecule has 0 aromatic heterocycles. The number of ether oxygens (including phenoxy) is 1. The number of hydrogen-bond acceptors (Lipinski definition) is 2. The summed E-state index contributed by atoms with van der Waals surface area (Å²) in [7, 11) is 0. The van der Waals surface area contributed by atoms with Crippen molar-refractivity contribution in [1.82, 2.24) is 5.32 Å². The zero-order valence-corrected chi connectivity index (χ0v) is 10.9. The highest BCUT2D eigenvalue weighted by atomic mass is 35.5. The number of alkyl halides is 1. The molecular formula is C14H20ClNO. The second-order valence-electron chi connectivity index (χ2n) is 4.57. The van der Waals surface area contributed by atoms with Gasteiger partial charge in [0.05, 0.1) is 6.61 Å². The third-order valence-corrected chi connectivity index (χ3v) is 3.51. The van der Waals surface area contributed by atoms with Gasteiger partial charge in [0.25, 0.3) is 0 Å². The molecule has 2 rings (SSSR count). The number of hydrogen-bond donors (Lipinski definition) is 1.